The Hall–Kier alpha value is -0.500. The predicted molar refractivity (Wildman–Crippen MR) is 75.9 cm³/mol. The van der Waals surface area contributed by atoms with Crippen molar-refractivity contribution in [1.82, 2.24) is 10.6 Å². The first-order valence-electron chi connectivity index (χ1n) is 7.58. The molecule has 0 saturated carbocycles. The Morgan fingerprint density at radius 3 is 2.18 bits per heavy atom. The van der Waals surface area contributed by atoms with Crippen LogP contribution in [-0.4, -0.2) is 12.7 Å². The van der Waals surface area contributed by atoms with E-state index in [0.29, 0.717) is 6.17 Å². The van der Waals surface area contributed by atoms with Gasteiger partial charge in [0.15, 0.2) is 0 Å². The minimum Gasteiger partial charge on any atom is -0.376 e. The Kier molecular flexibility index (Phi) is 9.11. The molecule has 1 atom stereocenters. The molecule has 2 nitrogen and oxygen atoms in total. The van der Waals surface area contributed by atoms with Gasteiger partial charge in [0.25, 0.3) is 0 Å². The van der Waals surface area contributed by atoms with Gasteiger partial charge in [0, 0.05) is 6.54 Å². The summed E-state index contributed by atoms with van der Waals surface area (Å²) >= 11 is 0. The molecule has 1 rings (SSSR count). The molecule has 17 heavy (non-hydrogen) atoms. The van der Waals surface area contributed by atoms with Crippen molar-refractivity contribution < 1.29 is 0 Å². The van der Waals surface area contributed by atoms with Gasteiger partial charge in [-0.1, -0.05) is 70.8 Å². The molecule has 0 aliphatic carbocycles. The van der Waals surface area contributed by atoms with Gasteiger partial charge in [0.1, 0.15) is 0 Å². The molecule has 1 aliphatic heterocycles. The minimum atomic E-state index is 0.518. The van der Waals surface area contributed by atoms with Gasteiger partial charge in [0.05, 0.1) is 6.17 Å². The topological polar surface area (TPSA) is 24.1 Å². The highest BCUT2D eigenvalue weighted by Crippen LogP contribution is 2.11. The summed E-state index contributed by atoms with van der Waals surface area (Å²) in [5.41, 5.74) is 0. The van der Waals surface area contributed by atoms with Crippen LogP contribution in [0.1, 0.15) is 71.1 Å². The summed E-state index contributed by atoms with van der Waals surface area (Å²) in [5, 5.41) is 6.80. The summed E-state index contributed by atoms with van der Waals surface area (Å²) in [5.74, 6) is 0. The molecule has 100 valence electrons. The fourth-order valence-electron chi connectivity index (χ4n) is 2.36. The van der Waals surface area contributed by atoms with Crippen LogP contribution in [0.15, 0.2) is 12.3 Å². The van der Waals surface area contributed by atoms with Crippen LogP contribution in [0.2, 0.25) is 0 Å². The van der Waals surface area contributed by atoms with Crippen molar-refractivity contribution in [3.63, 3.8) is 0 Å². The van der Waals surface area contributed by atoms with Crippen LogP contribution in [0, 0.1) is 0 Å². The van der Waals surface area contributed by atoms with Crippen molar-refractivity contribution in [2.45, 2.75) is 77.3 Å². The second-order valence-corrected chi connectivity index (χ2v) is 5.15. The van der Waals surface area contributed by atoms with E-state index in [2.05, 4.69) is 29.8 Å². The molecular formula is C15H30N2. The second-order valence-electron chi connectivity index (χ2n) is 5.15. The highest BCUT2D eigenvalue weighted by atomic mass is 15.1. The Morgan fingerprint density at radius 1 is 0.941 bits per heavy atom. The third-order valence-corrected chi connectivity index (χ3v) is 3.49. The normalized spacial score (nSPS) is 19.2. The lowest BCUT2D eigenvalue weighted by Gasteiger charge is -2.21. The average molecular weight is 238 g/mol. The lowest BCUT2D eigenvalue weighted by atomic mass is 10.1. The van der Waals surface area contributed by atoms with Crippen molar-refractivity contribution >= 4 is 0 Å². The Balaban J connectivity index is 1.76. The lowest BCUT2D eigenvalue weighted by molar-refractivity contribution is 0.423. The Bertz CT molecular complexity index is 189. The van der Waals surface area contributed by atoms with Crippen LogP contribution >= 0.6 is 0 Å². The Morgan fingerprint density at radius 2 is 1.59 bits per heavy atom. The van der Waals surface area contributed by atoms with Gasteiger partial charge < -0.3 is 5.32 Å². The number of rotatable bonds is 10. The zero-order valence-electron chi connectivity index (χ0n) is 11.5. The molecule has 2 N–H and O–H groups in total. The van der Waals surface area contributed by atoms with Gasteiger partial charge in [-0.05, 0) is 12.6 Å². The molecular weight excluding hydrogens is 208 g/mol. The largest absolute Gasteiger partial charge is 0.376 e. The maximum absolute atomic E-state index is 3.45. The summed E-state index contributed by atoms with van der Waals surface area (Å²) in [6, 6.07) is 0. The highest BCUT2D eigenvalue weighted by molar-refractivity contribution is 4.90. The van der Waals surface area contributed by atoms with Gasteiger partial charge in [-0.15, -0.1) is 0 Å². The number of unbranched alkanes of at least 4 members (excludes halogenated alkanes) is 8. The quantitative estimate of drug-likeness (QED) is 0.563. The van der Waals surface area contributed by atoms with E-state index in [4.69, 9.17) is 0 Å². The summed E-state index contributed by atoms with van der Waals surface area (Å²) in [6.07, 6.45) is 18.7. The number of nitrogens with one attached hydrogen (secondary N) is 2. The van der Waals surface area contributed by atoms with E-state index in [1.165, 1.54) is 64.2 Å². The first kappa shape index (κ1) is 14.6. The SMILES string of the molecule is CCCCCCCCCCCC1NC=CCN1. The Labute approximate surface area is 107 Å². The third kappa shape index (κ3) is 8.25. The summed E-state index contributed by atoms with van der Waals surface area (Å²) in [6.45, 7) is 3.30. The number of hydrogen-bond acceptors (Lipinski definition) is 2. The van der Waals surface area contributed by atoms with Crippen LogP contribution in [0.5, 0.6) is 0 Å². The maximum atomic E-state index is 3.45. The van der Waals surface area contributed by atoms with Gasteiger partial charge in [-0.3, -0.25) is 5.32 Å². The molecule has 0 bridgehead atoms. The molecule has 0 saturated heterocycles. The van der Waals surface area contributed by atoms with Crippen molar-refractivity contribution in [2.24, 2.45) is 0 Å². The molecule has 2 heteroatoms. The van der Waals surface area contributed by atoms with E-state index in [-0.39, 0.29) is 0 Å². The predicted octanol–water partition coefficient (Wildman–Crippen LogP) is 3.94. The van der Waals surface area contributed by atoms with E-state index in [1.807, 2.05) is 0 Å². The van der Waals surface area contributed by atoms with Crippen molar-refractivity contribution in [3.05, 3.63) is 12.3 Å². The van der Waals surface area contributed by atoms with E-state index in [0.717, 1.165) is 6.54 Å². The standard InChI is InChI=1S/C15H30N2/c1-2-3-4-5-6-7-8-9-10-12-15-16-13-11-14-17-15/h11,13,15-17H,2-10,12,14H2,1H3. The molecule has 1 unspecified atom stereocenters. The molecule has 0 aromatic heterocycles. The van der Waals surface area contributed by atoms with Gasteiger partial charge in [-0.25, -0.2) is 0 Å². The summed E-state index contributed by atoms with van der Waals surface area (Å²) < 4.78 is 0. The monoisotopic (exact) mass is 238 g/mol. The molecule has 1 aliphatic rings. The van der Waals surface area contributed by atoms with E-state index in [9.17, 15) is 0 Å². The van der Waals surface area contributed by atoms with Crippen molar-refractivity contribution in [2.75, 3.05) is 6.54 Å². The first-order chi connectivity index (χ1) is 8.43. The van der Waals surface area contributed by atoms with Crippen molar-refractivity contribution in [3.8, 4) is 0 Å². The average Bonchev–Trinajstić information content (AvgIpc) is 2.38. The van der Waals surface area contributed by atoms with Crippen LogP contribution in [0.25, 0.3) is 0 Å². The molecule has 0 aromatic carbocycles. The maximum Gasteiger partial charge on any atom is 0.0765 e. The zero-order valence-corrected chi connectivity index (χ0v) is 11.5. The first-order valence-corrected chi connectivity index (χ1v) is 7.58. The molecule has 0 amide bonds. The van der Waals surface area contributed by atoms with Crippen LogP contribution in [0.4, 0.5) is 0 Å². The van der Waals surface area contributed by atoms with Gasteiger partial charge in [0.2, 0.25) is 0 Å². The van der Waals surface area contributed by atoms with Crippen LogP contribution in [-0.2, 0) is 0 Å². The van der Waals surface area contributed by atoms with Gasteiger partial charge in [-0.2, -0.15) is 0 Å². The molecule has 0 aromatic rings. The fraction of sp³-hybridized carbons (Fsp3) is 0.867. The number of hydrogen-bond donors (Lipinski definition) is 2. The second kappa shape index (κ2) is 10.6. The van der Waals surface area contributed by atoms with E-state index >= 15 is 0 Å². The smallest absolute Gasteiger partial charge is 0.0765 e. The highest BCUT2D eigenvalue weighted by Gasteiger charge is 2.06. The molecule has 1 heterocycles. The van der Waals surface area contributed by atoms with Crippen LogP contribution < -0.4 is 10.6 Å². The third-order valence-electron chi connectivity index (χ3n) is 3.49. The van der Waals surface area contributed by atoms with Crippen molar-refractivity contribution in [1.29, 1.82) is 0 Å². The lowest BCUT2D eigenvalue weighted by Crippen LogP contribution is -2.42. The molecule has 0 radical (unpaired) electrons. The zero-order chi connectivity index (χ0) is 12.2. The van der Waals surface area contributed by atoms with Gasteiger partial charge >= 0.3 is 0 Å². The molecule has 0 fully saturated rings. The minimum absolute atomic E-state index is 0.518. The summed E-state index contributed by atoms with van der Waals surface area (Å²) in [7, 11) is 0. The summed E-state index contributed by atoms with van der Waals surface area (Å²) in [4.78, 5) is 0. The van der Waals surface area contributed by atoms with E-state index in [1.54, 1.807) is 0 Å². The fourth-order valence-corrected chi connectivity index (χ4v) is 2.36. The van der Waals surface area contributed by atoms with E-state index < -0.39 is 0 Å². The van der Waals surface area contributed by atoms with Crippen LogP contribution in [0.3, 0.4) is 0 Å². The molecule has 0 spiro atoms.